The zero-order valence-electron chi connectivity index (χ0n) is 21.6. The van der Waals surface area contributed by atoms with Crippen molar-refractivity contribution in [3.8, 4) is 5.75 Å². The van der Waals surface area contributed by atoms with Crippen LogP contribution in [0.5, 0.6) is 5.75 Å². The highest BCUT2D eigenvalue weighted by Crippen LogP contribution is 2.53. The maximum absolute atomic E-state index is 13.9. The predicted octanol–water partition coefficient (Wildman–Crippen LogP) is 2.30. The summed E-state index contributed by atoms with van der Waals surface area (Å²) in [5.41, 5.74) is 3.24. The molecule has 6 N–H and O–H groups in total. The van der Waals surface area contributed by atoms with Crippen LogP contribution in [0.15, 0.2) is 29.0 Å². The van der Waals surface area contributed by atoms with Gasteiger partial charge in [0.2, 0.25) is 5.78 Å². The Balaban J connectivity index is 1.60. The van der Waals surface area contributed by atoms with E-state index in [1.165, 1.54) is 43.1 Å². The summed E-state index contributed by atoms with van der Waals surface area (Å²) in [6.07, 6.45) is 11.1. The average molecular weight is 523 g/mol. The lowest BCUT2D eigenvalue weighted by Gasteiger charge is -2.50. The highest BCUT2D eigenvalue weighted by molar-refractivity contribution is 6.24. The molecule has 1 aromatic carbocycles. The van der Waals surface area contributed by atoms with Crippen LogP contribution in [0, 0.1) is 30.6 Å². The molecule has 38 heavy (non-hydrogen) atoms. The number of fused-ring (bicyclic) bond motifs is 3. The summed E-state index contributed by atoms with van der Waals surface area (Å²) in [6, 6.07) is 2.15. The molecule has 9 nitrogen and oxygen atoms in total. The first-order chi connectivity index (χ1) is 18.0. The van der Waals surface area contributed by atoms with Crippen LogP contribution >= 0.6 is 0 Å². The molecule has 4 aliphatic carbocycles. The van der Waals surface area contributed by atoms with Crippen molar-refractivity contribution in [2.75, 3.05) is 14.1 Å². The molecule has 4 atom stereocenters. The minimum absolute atomic E-state index is 0.0934. The summed E-state index contributed by atoms with van der Waals surface area (Å²) in [7, 11) is 3.12. The Labute approximate surface area is 221 Å². The summed E-state index contributed by atoms with van der Waals surface area (Å²) in [6.45, 7) is 0. The molecule has 1 aromatic rings. The summed E-state index contributed by atoms with van der Waals surface area (Å²) in [4.78, 5) is 40.6. The number of benzene rings is 1. The molecule has 2 unspecified atom stereocenters. The molecule has 0 saturated heterocycles. The number of nitrogens with two attached hydrogens (primary N) is 1. The van der Waals surface area contributed by atoms with Crippen molar-refractivity contribution in [3.63, 3.8) is 0 Å². The Hall–Kier alpha value is -3.17. The molecule has 5 rings (SSSR count). The van der Waals surface area contributed by atoms with Crippen LogP contribution in [0.1, 0.15) is 55.2 Å². The van der Waals surface area contributed by atoms with Crippen LogP contribution < -0.4 is 5.73 Å². The highest BCUT2D eigenvalue weighted by Gasteiger charge is 2.64. The van der Waals surface area contributed by atoms with Crippen molar-refractivity contribution < 1.29 is 34.8 Å². The molecule has 0 aliphatic heterocycles. The van der Waals surface area contributed by atoms with E-state index in [0.29, 0.717) is 11.5 Å². The number of ketones is 2. The smallest absolute Gasteiger partial charge is 0.255 e. The Morgan fingerprint density at radius 1 is 1.11 bits per heavy atom. The van der Waals surface area contributed by atoms with E-state index in [9.17, 15) is 34.8 Å². The monoisotopic (exact) mass is 522 g/mol. The van der Waals surface area contributed by atoms with Crippen LogP contribution in [0.4, 0.5) is 0 Å². The van der Waals surface area contributed by atoms with Gasteiger partial charge in [-0.25, -0.2) is 0 Å². The number of primary amides is 1. The summed E-state index contributed by atoms with van der Waals surface area (Å²) >= 11 is 0. The SMILES string of the molecule is CN(C)[C@@H]1C(=O)C(C(N)=O)=C(O)[C@@]2(O)C(=O)C3=C(O)c4c(O)ccc(CCC5CCCCC5)c4[CH]C3[CH]C12. The number of aromatic hydroxyl groups is 1. The van der Waals surface area contributed by atoms with Crippen molar-refractivity contribution in [1.82, 2.24) is 4.90 Å². The van der Waals surface area contributed by atoms with E-state index >= 15 is 0 Å². The molecule has 0 aromatic heterocycles. The largest absolute Gasteiger partial charge is 0.508 e. The number of aliphatic hydroxyl groups is 3. The first kappa shape index (κ1) is 26.4. The maximum atomic E-state index is 13.9. The fourth-order valence-corrected chi connectivity index (χ4v) is 6.84. The van der Waals surface area contributed by atoms with E-state index in [-0.39, 0.29) is 16.9 Å². The van der Waals surface area contributed by atoms with Gasteiger partial charge in [0.15, 0.2) is 11.4 Å². The Morgan fingerprint density at radius 3 is 2.42 bits per heavy atom. The fourth-order valence-electron chi connectivity index (χ4n) is 6.84. The van der Waals surface area contributed by atoms with E-state index in [0.717, 1.165) is 18.4 Å². The van der Waals surface area contributed by atoms with Crippen molar-refractivity contribution in [2.24, 2.45) is 23.5 Å². The standard InChI is InChI=1S/C29H34N2O7/c1-31(2)23-18-13-16-12-17-15(9-8-14-6-4-3-5-7-14)10-11-19(32)21(17)24(33)20(16)26(35)29(18,38)27(36)22(25(23)34)28(30)37/h10-14,16,18,23,32-33,36,38H,3-9H2,1-2H3,(H2,30,37)/t16?,18?,23-,29-/m0/s1. The lowest BCUT2D eigenvalue weighted by Crippen LogP contribution is -2.66. The molecule has 202 valence electrons. The number of aliphatic hydroxyl groups excluding tert-OH is 2. The maximum Gasteiger partial charge on any atom is 0.255 e. The highest BCUT2D eigenvalue weighted by atomic mass is 16.3. The number of rotatable bonds is 5. The molecule has 2 saturated carbocycles. The second-order valence-electron chi connectivity index (χ2n) is 11.2. The zero-order chi connectivity index (χ0) is 27.5. The first-order valence-electron chi connectivity index (χ1n) is 13.2. The van der Waals surface area contributed by atoms with Crippen LogP contribution in [-0.4, -0.2) is 68.5 Å². The molecular formula is C29H34N2O7. The first-order valence-corrected chi connectivity index (χ1v) is 13.2. The molecule has 0 bridgehead atoms. The van der Waals surface area contributed by atoms with E-state index in [1.807, 2.05) is 6.07 Å². The molecular weight excluding hydrogens is 488 g/mol. The van der Waals surface area contributed by atoms with Crippen LogP contribution in [0.2, 0.25) is 0 Å². The fraction of sp³-hybridized carbons (Fsp3) is 0.483. The minimum atomic E-state index is -2.69. The lowest BCUT2D eigenvalue weighted by molar-refractivity contribution is -0.149. The topological polar surface area (TPSA) is 161 Å². The Morgan fingerprint density at radius 2 is 1.79 bits per heavy atom. The van der Waals surface area contributed by atoms with E-state index in [2.05, 4.69) is 0 Å². The van der Waals surface area contributed by atoms with Gasteiger partial charge in [-0.05, 0) is 62.9 Å². The number of amides is 1. The number of nitrogens with zero attached hydrogens (tertiary/aromatic N) is 1. The molecule has 9 heteroatoms. The zero-order valence-corrected chi connectivity index (χ0v) is 21.6. The summed E-state index contributed by atoms with van der Waals surface area (Å²) in [5, 5.41) is 44.5. The third kappa shape index (κ3) is 3.86. The third-order valence-electron chi connectivity index (χ3n) is 8.78. The molecule has 2 radical (unpaired) electrons. The van der Waals surface area contributed by atoms with Gasteiger partial charge in [-0.3, -0.25) is 19.3 Å². The van der Waals surface area contributed by atoms with Crippen LogP contribution in [0.3, 0.4) is 0 Å². The number of aryl methyl sites for hydroxylation is 1. The number of phenols is 1. The van der Waals surface area contributed by atoms with Gasteiger partial charge in [0.25, 0.3) is 5.91 Å². The second kappa shape index (κ2) is 9.54. The number of Topliss-reactive ketones (excluding diaryl/α,β-unsaturated/α-hetero) is 2. The van der Waals surface area contributed by atoms with E-state index < -0.39 is 58.0 Å². The number of carbonyl (C=O) groups excluding carboxylic acids is 3. The quantitative estimate of drug-likeness (QED) is 0.368. The van der Waals surface area contributed by atoms with Gasteiger partial charge in [-0.15, -0.1) is 0 Å². The van der Waals surface area contributed by atoms with Crippen molar-refractivity contribution in [3.05, 3.63) is 58.6 Å². The van der Waals surface area contributed by atoms with Crippen LogP contribution in [0.25, 0.3) is 5.76 Å². The van der Waals surface area contributed by atoms with Gasteiger partial charge < -0.3 is 26.2 Å². The van der Waals surface area contributed by atoms with Gasteiger partial charge in [-0.1, -0.05) is 38.2 Å². The average Bonchev–Trinajstić information content (AvgIpc) is 2.86. The van der Waals surface area contributed by atoms with Gasteiger partial charge in [-0.2, -0.15) is 0 Å². The number of hydrogen-bond acceptors (Lipinski definition) is 8. The van der Waals surface area contributed by atoms with Crippen molar-refractivity contribution in [2.45, 2.75) is 56.6 Å². The Bertz CT molecular complexity index is 1270. The minimum Gasteiger partial charge on any atom is -0.508 e. The Kier molecular flexibility index (Phi) is 6.64. The second-order valence-corrected chi connectivity index (χ2v) is 11.2. The van der Waals surface area contributed by atoms with Gasteiger partial charge in [0.05, 0.1) is 11.6 Å². The predicted molar refractivity (Wildman–Crippen MR) is 139 cm³/mol. The number of carbonyl (C=O) groups is 3. The lowest BCUT2D eigenvalue weighted by atomic mass is 9.57. The number of phenolic OH excluding ortho intramolecular Hbond substituents is 1. The number of hydrogen-bond donors (Lipinski definition) is 5. The summed E-state index contributed by atoms with van der Waals surface area (Å²) in [5.74, 6) is -6.33. The molecule has 1 amide bonds. The molecule has 0 heterocycles. The van der Waals surface area contributed by atoms with Crippen molar-refractivity contribution in [1.29, 1.82) is 0 Å². The van der Waals surface area contributed by atoms with Crippen LogP contribution in [-0.2, 0) is 20.8 Å². The van der Waals surface area contributed by atoms with Crippen molar-refractivity contribution >= 4 is 23.2 Å². The third-order valence-corrected chi connectivity index (χ3v) is 8.78. The van der Waals surface area contributed by atoms with E-state index in [1.54, 1.807) is 26.9 Å². The van der Waals surface area contributed by atoms with Gasteiger partial charge >= 0.3 is 0 Å². The molecule has 2 fully saturated rings. The normalized spacial score (nSPS) is 29.8. The molecule has 0 spiro atoms. The van der Waals surface area contributed by atoms with Gasteiger partial charge in [0, 0.05) is 17.4 Å². The summed E-state index contributed by atoms with van der Waals surface area (Å²) < 4.78 is 0. The number of likely N-dealkylation sites (N-methyl/N-ethyl adjacent to an activating group) is 1. The van der Waals surface area contributed by atoms with E-state index in [4.69, 9.17) is 5.73 Å². The van der Waals surface area contributed by atoms with Gasteiger partial charge in [0.1, 0.15) is 22.8 Å². The molecule has 4 aliphatic rings.